The van der Waals surface area contributed by atoms with Gasteiger partial charge in [-0.3, -0.25) is 4.79 Å². The van der Waals surface area contributed by atoms with E-state index in [9.17, 15) is 4.79 Å². The lowest BCUT2D eigenvalue weighted by molar-refractivity contribution is -0.128. The number of piperidine rings is 1. The summed E-state index contributed by atoms with van der Waals surface area (Å²) < 4.78 is 12.3. The number of furan rings is 1. The van der Waals surface area contributed by atoms with Gasteiger partial charge in [0, 0.05) is 47.7 Å². The van der Waals surface area contributed by atoms with Crippen LogP contribution in [0.2, 0.25) is 0 Å². The molecular formula is C26H35NO3. The van der Waals surface area contributed by atoms with E-state index in [0.29, 0.717) is 18.4 Å². The Balaban J connectivity index is 1.75. The first-order chi connectivity index (χ1) is 14.4. The Morgan fingerprint density at radius 1 is 1.23 bits per heavy atom. The Morgan fingerprint density at radius 2 is 1.93 bits per heavy atom. The van der Waals surface area contributed by atoms with Crippen molar-refractivity contribution < 1.29 is 13.9 Å². The Labute approximate surface area is 180 Å². The number of carbonyl (C=O) groups excluding carboxylic acids is 1. The van der Waals surface area contributed by atoms with Crippen molar-refractivity contribution in [2.24, 2.45) is 11.8 Å². The number of allylic oxidation sites excluding steroid dienone is 1. The molecule has 162 valence electrons. The quantitative estimate of drug-likeness (QED) is 0.588. The third-order valence-corrected chi connectivity index (χ3v) is 6.66. The van der Waals surface area contributed by atoms with E-state index < -0.39 is 0 Å². The van der Waals surface area contributed by atoms with Crippen molar-refractivity contribution in [1.29, 1.82) is 0 Å². The first-order valence-corrected chi connectivity index (χ1v) is 11.6. The second-order valence-electron chi connectivity index (χ2n) is 9.42. The zero-order chi connectivity index (χ0) is 21.4. The molecule has 0 bridgehead atoms. The molecule has 1 amide bonds. The molecule has 2 unspecified atom stereocenters. The van der Waals surface area contributed by atoms with Gasteiger partial charge in [0.1, 0.15) is 17.1 Å². The molecule has 1 saturated heterocycles. The highest BCUT2D eigenvalue weighted by Crippen LogP contribution is 2.41. The summed E-state index contributed by atoms with van der Waals surface area (Å²) in [5.74, 6) is 3.20. The van der Waals surface area contributed by atoms with Crippen LogP contribution < -0.4 is 4.74 Å². The maximum Gasteiger partial charge on any atom is 0.246 e. The molecule has 2 aromatic rings. The summed E-state index contributed by atoms with van der Waals surface area (Å²) in [4.78, 5) is 15.1. The topological polar surface area (TPSA) is 42.7 Å². The SMILES string of the molecule is CCOc1c(/C(C)=C/C(=O)N2CC(C)CC(C)C2)cc2c3c(oc2c1C)CCCC3. The first kappa shape index (κ1) is 21.0. The number of hydrogen-bond acceptors (Lipinski definition) is 3. The predicted octanol–water partition coefficient (Wildman–Crippen LogP) is 5.93. The van der Waals surface area contributed by atoms with Crippen LogP contribution in [-0.4, -0.2) is 30.5 Å². The number of hydrogen-bond donors (Lipinski definition) is 0. The molecule has 0 radical (unpaired) electrons. The van der Waals surface area contributed by atoms with Crippen LogP contribution in [0.15, 0.2) is 16.6 Å². The van der Waals surface area contributed by atoms with Crippen molar-refractivity contribution in [2.75, 3.05) is 19.7 Å². The standard InChI is InChI=1S/C26H35NO3/c1-6-29-25-19(5)26-22(20-9-7-8-10-23(20)30-26)13-21(25)18(4)12-24(28)27-14-16(2)11-17(3)15-27/h12-13,16-17H,6-11,14-15H2,1-5H3/b18-12+. The maximum atomic E-state index is 13.1. The van der Waals surface area contributed by atoms with E-state index in [1.54, 1.807) is 6.08 Å². The summed E-state index contributed by atoms with van der Waals surface area (Å²) in [5.41, 5.74) is 5.32. The van der Waals surface area contributed by atoms with Crippen LogP contribution in [0.3, 0.4) is 0 Å². The minimum Gasteiger partial charge on any atom is -0.493 e. The lowest BCUT2D eigenvalue weighted by Gasteiger charge is -2.34. The van der Waals surface area contributed by atoms with Gasteiger partial charge in [0.25, 0.3) is 0 Å². The van der Waals surface area contributed by atoms with Gasteiger partial charge in [-0.05, 0) is 69.9 Å². The van der Waals surface area contributed by atoms with Crippen LogP contribution in [0.25, 0.3) is 16.5 Å². The fourth-order valence-corrected chi connectivity index (χ4v) is 5.36. The molecule has 1 aliphatic carbocycles. The number of amides is 1. The van der Waals surface area contributed by atoms with E-state index >= 15 is 0 Å². The van der Waals surface area contributed by atoms with E-state index in [-0.39, 0.29) is 5.91 Å². The molecule has 4 nitrogen and oxygen atoms in total. The normalized spacial score (nSPS) is 22.3. The smallest absolute Gasteiger partial charge is 0.246 e. The fourth-order valence-electron chi connectivity index (χ4n) is 5.36. The summed E-state index contributed by atoms with van der Waals surface area (Å²) in [6.45, 7) is 12.9. The summed E-state index contributed by atoms with van der Waals surface area (Å²) in [7, 11) is 0. The Kier molecular flexibility index (Phi) is 5.95. The van der Waals surface area contributed by atoms with Crippen molar-refractivity contribution in [3.05, 3.63) is 34.6 Å². The molecule has 4 heteroatoms. The molecule has 1 aromatic carbocycles. The van der Waals surface area contributed by atoms with Gasteiger partial charge in [0.15, 0.2) is 0 Å². The first-order valence-electron chi connectivity index (χ1n) is 11.6. The number of rotatable bonds is 4. The Bertz CT molecular complexity index is 974. The van der Waals surface area contributed by atoms with Gasteiger partial charge in [0.2, 0.25) is 5.91 Å². The van der Waals surface area contributed by atoms with E-state index in [0.717, 1.165) is 59.7 Å². The van der Waals surface area contributed by atoms with Gasteiger partial charge in [-0.25, -0.2) is 0 Å². The summed E-state index contributed by atoms with van der Waals surface area (Å²) in [6, 6.07) is 2.20. The van der Waals surface area contributed by atoms with Crippen molar-refractivity contribution in [3.8, 4) is 5.75 Å². The van der Waals surface area contributed by atoms with Crippen LogP contribution in [0.4, 0.5) is 0 Å². The lowest BCUT2D eigenvalue weighted by atomic mass is 9.91. The van der Waals surface area contributed by atoms with Crippen molar-refractivity contribution in [3.63, 3.8) is 0 Å². The highest BCUT2D eigenvalue weighted by atomic mass is 16.5. The van der Waals surface area contributed by atoms with Crippen LogP contribution in [-0.2, 0) is 17.6 Å². The van der Waals surface area contributed by atoms with Gasteiger partial charge >= 0.3 is 0 Å². The number of ether oxygens (including phenoxy) is 1. The van der Waals surface area contributed by atoms with Gasteiger partial charge in [-0.2, -0.15) is 0 Å². The molecule has 2 heterocycles. The monoisotopic (exact) mass is 409 g/mol. The number of benzene rings is 1. The molecule has 0 N–H and O–H groups in total. The molecule has 1 aromatic heterocycles. The highest BCUT2D eigenvalue weighted by Gasteiger charge is 2.26. The zero-order valence-electron chi connectivity index (χ0n) is 19.1. The molecule has 30 heavy (non-hydrogen) atoms. The second-order valence-corrected chi connectivity index (χ2v) is 9.42. The highest BCUT2D eigenvalue weighted by molar-refractivity contribution is 5.98. The summed E-state index contributed by atoms with van der Waals surface area (Å²) in [5, 5.41) is 1.20. The lowest BCUT2D eigenvalue weighted by Crippen LogP contribution is -2.41. The van der Waals surface area contributed by atoms with E-state index in [1.165, 1.54) is 30.2 Å². The number of likely N-dealkylation sites (tertiary alicyclic amines) is 1. The van der Waals surface area contributed by atoms with E-state index in [1.807, 2.05) is 18.7 Å². The summed E-state index contributed by atoms with van der Waals surface area (Å²) in [6.07, 6.45) is 7.49. The minimum atomic E-state index is 0.111. The Hall–Kier alpha value is -2.23. The van der Waals surface area contributed by atoms with E-state index in [4.69, 9.17) is 9.15 Å². The predicted molar refractivity (Wildman–Crippen MR) is 122 cm³/mol. The van der Waals surface area contributed by atoms with E-state index in [2.05, 4.69) is 26.8 Å². The maximum absolute atomic E-state index is 13.1. The van der Waals surface area contributed by atoms with Crippen molar-refractivity contribution in [2.45, 2.75) is 66.7 Å². The third kappa shape index (κ3) is 3.89. The van der Waals surface area contributed by atoms with Gasteiger partial charge in [-0.1, -0.05) is 13.8 Å². The minimum absolute atomic E-state index is 0.111. The molecule has 1 aliphatic heterocycles. The van der Waals surface area contributed by atoms with Gasteiger partial charge in [-0.15, -0.1) is 0 Å². The molecule has 0 saturated carbocycles. The molecule has 0 spiro atoms. The number of nitrogens with zero attached hydrogens (tertiary/aromatic N) is 1. The van der Waals surface area contributed by atoms with Crippen molar-refractivity contribution >= 4 is 22.4 Å². The molecule has 1 fully saturated rings. The summed E-state index contributed by atoms with van der Waals surface area (Å²) >= 11 is 0. The largest absolute Gasteiger partial charge is 0.493 e. The fraction of sp³-hybridized carbons (Fsp3) is 0.577. The number of fused-ring (bicyclic) bond motifs is 3. The Morgan fingerprint density at radius 3 is 2.63 bits per heavy atom. The molecule has 2 aliphatic rings. The third-order valence-electron chi connectivity index (χ3n) is 6.66. The van der Waals surface area contributed by atoms with Crippen LogP contribution in [0, 0.1) is 18.8 Å². The number of carbonyl (C=O) groups is 1. The zero-order valence-corrected chi connectivity index (χ0v) is 19.1. The average Bonchev–Trinajstić information content (AvgIpc) is 3.08. The van der Waals surface area contributed by atoms with Gasteiger partial charge in [0.05, 0.1) is 6.61 Å². The second kappa shape index (κ2) is 8.49. The molecular weight excluding hydrogens is 374 g/mol. The van der Waals surface area contributed by atoms with Crippen LogP contribution in [0.5, 0.6) is 5.75 Å². The van der Waals surface area contributed by atoms with Crippen LogP contribution in [0.1, 0.15) is 69.4 Å². The van der Waals surface area contributed by atoms with Crippen molar-refractivity contribution in [1.82, 2.24) is 4.90 Å². The van der Waals surface area contributed by atoms with Crippen LogP contribution >= 0.6 is 0 Å². The molecule has 4 rings (SSSR count). The molecule has 2 atom stereocenters. The van der Waals surface area contributed by atoms with Gasteiger partial charge < -0.3 is 14.1 Å². The number of aryl methyl sites for hydroxylation is 3. The average molecular weight is 410 g/mol.